The number of nitrogens with one attached hydrogen (secondary N) is 1. The van der Waals surface area contributed by atoms with E-state index in [1.165, 1.54) is 0 Å². The highest BCUT2D eigenvalue weighted by Gasteiger charge is 2.50. The van der Waals surface area contributed by atoms with Crippen LogP contribution in [0.3, 0.4) is 0 Å². The van der Waals surface area contributed by atoms with E-state index in [2.05, 4.69) is 6.58 Å². The Labute approximate surface area is 106 Å². The van der Waals surface area contributed by atoms with Gasteiger partial charge >= 0.3 is 5.69 Å². The normalized spacial score (nSPS) is 31.8. The maximum Gasteiger partial charge on any atom is 0.331 e. The first-order chi connectivity index (χ1) is 8.40. The van der Waals surface area contributed by atoms with Crippen LogP contribution in [0.4, 0.5) is 0 Å². The summed E-state index contributed by atoms with van der Waals surface area (Å²) in [5.41, 5.74) is -1.37. The zero-order chi connectivity index (χ0) is 13.5. The van der Waals surface area contributed by atoms with Crippen LogP contribution >= 0.6 is 11.6 Å². The molecule has 0 radical (unpaired) electrons. The van der Waals surface area contributed by atoms with Gasteiger partial charge in [-0.3, -0.25) is 14.3 Å². The number of halogens is 1. The van der Waals surface area contributed by atoms with Crippen molar-refractivity contribution < 1.29 is 14.9 Å². The molecule has 18 heavy (non-hydrogen) atoms. The fourth-order valence-corrected chi connectivity index (χ4v) is 2.10. The van der Waals surface area contributed by atoms with Crippen LogP contribution in [0.1, 0.15) is 0 Å². The summed E-state index contributed by atoms with van der Waals surface area (Å²) in [5, 5.41) is 16.9. The van der Waals surface area contributed by atoms with Gasteiger partial charge in [-0.05, 0) is 0 Å². The molecule has 0 aromatic carbocycles. The molecule has 1 saturated heterocycles. The number of H-pyrrole nitrogens is 1. The number of aromatic nitrogens is 2. The average Bonchev–Trinajstić information content (AvgIpc) is 2.54. The van der Waals surface area contributed by atoms with E-state index in [1.807, 2.05) is 4.98 Å². The molecule has 1 aliphatic heterocycles. The number of nitrogens with zero attached hydrogens (tertiary/aromatic N) is 1. The molecule has 1 aliphatic rings. The smallest absolute Gasteiger partial charge is 0.331 e. The Morgan fingerprint density at radius 2 is 2.28 bits per heavy atom. The first-order valence-corrected chi connectivity index (χ1v) is 5.45. The third-order valence-electron chi connectivity index (χ3n) is 2.73. The molecule has 98 valence electrons. The molecule has 0 unspecified atom stereocenters. The maximum atomic E-state index is 11.6. The fraction of sp³-hybridized carbons (Fsp3) is 0.400. The minimum absolute atomic E-state index is 0.0114. The standard InChI is InChI=1S/C10H11ClN2O5/c1-5-8(16)6(4-14)18-10(5,11)13-3-2-7(15)12-9(13)17/h2-3,6,8,14,16H,1,4H2,(H,12,15,17)/t6-,8+,10+/m1/s1. The summed E-state index contributed by atoms with van der Waals surface area (Å²) in [6.07, 6.45) is -1.05. The van der Waals surface area contributed by atoms with Crippen LogP contribution in [0.15, 0.2) is 34.0 Å². The summed E-state index contributed by atoms with van der Waals surface area (Å²) >= 11 is 6.12. The largest absolute Gasteiger partial charge is 0.394 e. The molecule has 1 aromatic heterocycles. The molecule has 0 spiro atoms. The van der Waals surface area contributed by atoms with E-state index < -0.39 is 35.2 Å². The van der Waals surface area contributed by atoms with E-state index in [0.29, 0.717) is 0 Å². The Kier molecular flexibility index (Phi) is 3.16. The van der Waals surface area contributed by atoms with Crippen molar-refractivity contribution in [2.24, 2.45) is 0 Å². The van der Waals surface area contributed by atoms with Crippen molar-refractivity contribution in [1.29, 1.82) is 0 Å². The van der Waals surface area contributed by atoms with E-state index in [0.717, 1.165) is 16.8 Å². The number of aromatic amines is 1. The van der Waals surface area contributed by atoms with Crippen molar-refractivity contribution in [3.05, 3.63) is 45.3 Å². The molecule has 0 bridgehead atoms. The number of aliphatic hydroxyl groups is 2. The molecule has 0 amide bonds. The van der Waals surface area contributed by atoms with Crippen LogP contribution in [0.5, 0.6) is 0 Å². The van der Waals surface area contributed by atoms with Crippen LogP contribution in [0, 0.1) is 0 Å². The maximum absolute atomic E-state index is 11.6. The van der Waals surface area contributed by atoms with Gasteiger partial charge in [0.05, 0.1) is 6.61 Å². The van der Waals surface area contributed by atoms with E-state index >= 15 is 0 Å². The van der Waals surface area contributed by atoms with Crippen LogP contribution in [-0.2, 0) is 9.92 Å². The monoisotopic (exact) mass is 274 g/mol. The first-order valence-electron chi connectivity index (χ1n) is 5.07. The number of rotatable bonds is 2. The molecule has 7 nitrogen and oxygen atoms in total. The second-order valence-corrected chi connectivity index (χ2v) is 4.36. The number of hydrogen-bond acceptors (Lipinski definition) is 5. The Hall–Kier alpha value is -1.41. The van der Waals surface area contributed by atoms with Crippen molar-refractivity contribution in [3.63, 3.8) is 0 Å². The summed E-state index contributed by atoms with van der Waals surface area (Å²) < 4.78 is 6.12. The number of ether oxygens (including phenoxy) is 1. The highest BCUT2D eigenvalue weighted by molar-refractivity contribution is 6.23. The minimum Gasteiger partial charge on any atom is -0.394 e. The Bertz CT molecular complexity index is 594. The molecule has 8 heteroatoms. The van der Waals surface area contributed by atoms with Gasteiger partial charge in [0.25, 0.3) is 10.7 Å². The van der Waals surface area contributed by atoms with E-state index in [4.69, 9.17) is 21.4 Å². The van der Waals surface area contributed by atoms with Crippen LogP contribution < -0.4 is 11.2 Å². The van der Waals surface area contributed by atoms with Gasteiger partial charge in [0.15, 0.2) is 0 Å². The first kappa shape index (κ1) is 13.0. The molecule has 3 N–H and O–H groups in total. The molecular formula is C10H11ClN2O5. The van der Waals surface area contributed by atoms with Crippen molar-refractivity contribution >= 4 is 11.6 Å². The Morgan fingerprint density at radius 1 is 1.61 bits per heavy atom. The SMILES string of the molecule is C=C1[C@H](O)[C@@H](CO)O[C@@]1(Cl)n1ccc(=O)[nH]c1=O. The van der Waals surface area contributed by atoms with Crippen LogP contribution in [0.2, 0.25) is 0 Å². The van der Waals surface area contributed by atoms with E-state index in [9.17, 15) is 14.7 Å². The lowest BCUT2D eigenvalue weighted by atomic mass is 10.1. The molecule has 1 aromatic rings. The molecular weight excluding hydrogens is 264 g/mol. The molecule has 3 atom stereocenters. The van der Waals surface area contributed by atoms with E-state index in [-0.39, 0.29) is 5.57 Å². The highest BCUT2D eigenvalue weighted by Crippen LogP contribution is 2.41. The lowest BCUT2D eigenvalue weighted by Crippen LogP contribution is -2.41. The second kappa shape index (κ2) is 4.36. The number of aliphatic hydroxyl groups excluding tert-OH is 2. The zero-order valence-corrected chi connectivity index (χ0v) is 9.92. The van der Waals surface area contributed by atoms with Gasteiger partial charge < -0.3 is 14.9 Å². The Balaban J connectivity index is 2.53. The molecule has 2 heterocycles. The van der Waals surface area contributed by atoms with Crippen molar-refractivity contribution in [2.45, 2.75) is 17.4 Å². The van der Waals surface area contributed by atoms with Gasteiger partial charge in [0.1, 0.15) is 12.2 Å². The molecule has 0 saturated carbocycles. The summed E-state index contributed by atoms with van der Waals surface area (Å²) in [4.78, 5) is 24.6. The van der Waals surface area contributed by atoms with Crippen molar-refractivity contribution in [1.82, 2.24) is 9.55 Å². The Morgan fingerprint density at radius 3 is 2.78 bits per heavy atom. The lowest BCUT2D eigenvalue weighted by molar-refractivity contribution is -0.0658. The van der Waals surface area contributed by atoms with Gasteiger partial charge in [-0.2, -0.15) is 0 Å². The third-order valence-corrected chi connectivity index (χ3v) is 3.24. The summed E-state index contributed by atoms with van der Waals surface area (Å²) in [6, 6.07) is 1.08. The summed E-state index contributed by atoms with van der Waals surface area (Å²) in [5.74, 6) is 0. The van der Waals surface area contributed by atoms with Gasteiger partial charge in [-0.15, -0.1) is 0 Å². The minimum atomic E-state index is -1.83. The second-order valence-electron chi connectivity index (χ2n) is 3.85. The zero-order valence-electron chi connectivity index (χ0n) is 9.17. The van der Waals surface area contributed by atoms with Gasteiger partial charge in [-0.1, -0.05) is 18.2 Å². The van der Waals surface area contributed by atoms with Crippen molar-refractivity contribution in [3.8, 4) is 0 Å². The highest BCUT2D eigenvalue weighted by atomic mass is 35.5. The summed E-state index contributed by atoms with van der Waals surface area (Å²) in [7, 11) is 0. The molecule has 1 fully saturated rings. The van der Waals surface area contributed by atoms with Gasteiger partial charge in [-0.25, -0.2) is 4.79 Å². The van der Waals surface area contributed by atoms with Crippen LogP contribution in [0.25, 0.3) is 0 Å². The third kappa shape index (κ3) is 1.81. The van der Waals surface area contributed by atoms with Crippen molar-refractivity contribution in [2.75, 3.05) is 6.61 Å². The topological polar surface area (TPSA) is 105 Å². The number of hydrogen-bond donors (Lipinski definition) is 3. The average molecular weight is 275 g/mol. The number of alkyl halides is 1. The van der Waals surface area contributed by atoms with E-state index in [1.54, 1.807) is 0 Å². The van der Waals surface area contributed by atoms with Gasteiger partial charge in [0, 0.05) is 17.8 Å². The predicted octanol–water partition coefficient (Wildman–Crippen LogP) is -1.31. The predicted molar refractivity (Wildman–Crippen MR) is 62.3 cm³/mol. The molecule has 0 aliphatic carbocycles. The van der Waals surface area contributed by atoms with Crippen LogP contribution in [-0.4, -0.2) is 38.6 Å². The lowest BCUT2D eigenvalue weighted by Gasteiger charge is -2.24. The van der Waals surface area contributed by atoms with Gasteiger partial charge in [0.2, 0.25) is 0 Å². The summed E-state index contributed by atoms with van der Waals surface area (Å²) in [6.45, 7) is 3.08. The fourth-order valence-electron chi connectivity index (χ4n) is 1.74. The quantitative estimate of drug-likeness (QED) is 0.459. The molecule has 2 rings (SSSR count).